The van der Waals surface area contributed by atoms with Gasteiger partial charge in [-0.25, -0.2) is 4.98 Å². The highest BCUT2D eigenvalue weighted by Gasteiger charge is 2.20. The van der Waals surface area contributed by atoms with Crippen LogP contribution in [-0.2, 0) is 11.3 Å². The highest BCUT2D eigenvalue weighted by Crippen LogP contribution is 2.14. The van der Waals surface area contributed by atoms with Gasteiger partial charge in [-0.15, -0.1) is 0 Å². The van der Waals surface area contributed by atoms with Gasteiger partial charge < -0.3 is 19.5 Å². The summed E-state index contributed by atoms with van der Waals surface area (Å²) in [5, 5.41) is 10.2. The first-order valence-corrected chi connectivity index (χ1v) is 9.01. The Hall–Kier alpha value is -2.15. The molecule has 3 rings (SSSR count). The smallest absolute Gasteiger partial charge is 0.128 e. The van der Waals surface area contributed by atoms with Crippen molar-refractivity contribution in [3.8, 4) is 5.75 Å². The van der Waals surface area contributed by atoms with Crippen LogP contribution in [-0.4, -0.2) is 67.5 Å². The monoisotopic (exact) mass is 357 g/mol. The largest absolute Gasteiger partial charge is 0.497 e. The van der Waals surface area contributed by atoms with E-state index in [9.17, 15) is 5.11 Å². The number of ether oxygens (including phenoxy) is 2. The van der Waals surface area contributed by atoms with Gasteiger partial charge in [0.25, 0.3) is 0 Å². The molecule has 6 heteroatoms. The molecule has 2 aromatic rings. The quantitative estimate of drug-likeness (QED) is 0.777. The Kier molecular flexibility index (Phi) is 6.82. The van der Waals surface area contributed by atoms with E-state index < -0.39 is 6.10 Å². The Morgan fingerprint density at radius 1 is 1.12 bits per heavy atom. The van der Waals surface area contributed by atoms with Crippen LogP contribution in [0, 0.1) is 0 Å². The number of rotatable bonds is 8. The molecule has 1 aromatic heterocycles. The topological polar surface area (TPSA) is 58.1 Å². The van der Waals surface area contributed by atoms with Gasteiger partial charge >= 0.3 is 0 Å². The number of aliphatic hydroxyl groups is 1. The molecule has 1 aliphatic rings. The number of hydrogen-bond donors (Lipinski definition) is 1. The van der Waals surface area contributed by atoms with Crippen molar-refractivity contribution in [1.29, 1.82) is 0 Å². The van der Waals surface area contributed by atoms with Gasteiger partial charge in [0.2, 0.25) is 0 Å². The zero-order valence-corrected chi connectivity index (χ0v) is 15.3. The number of piperazine rings is 1. The number of aliphatic hydroxyl groups excluding tert-OH is 1. The van der Waals surface area contributed by atoms with Gasteiger partial charge in [0, 0.05) is 38.9 Å². The molecule has 0 amide bonds. The summed E-state index contributed by atoms with van der Waals surface area (Å²) in [5.74, 6) is 1.84. The van der Waals surface area contributed by atoms with Crippen molar-refractivity contribution in [2.75, 3.05) is 51.3 Å². The van der Waals surface area contributed by atoms with E-state index in [2.05, 4.69) is 14.8 Å². The van der Waals surface area contributed by atoms with Crippen LogP contribution < -0.4 is 9.64 Å². The number of nitrogens with zero attached hydrogens (tertiary/aromatic N) is 3. The molecular formula is C20H27N3O3. The van der Waals surface area contributed by atoms with E-state index in [1.54, 1.807) is 7.11 Å². The Morgan fingerprint density at radius 3 is 2.69 bits per heavy atom. The van der Waals surface area contributed by atoms with Crippen LogP contribution in [0.15, 0.2) is 48.7 Å². The molecule has 1 aromatic carbocycles. The first-order valence-electron chi connectivity index (χ1n) is 9.01. The Labute approximate surface area is 155 Å². The maximum absolute atomic E-state index is 10.2. The third-order valence-electron chi connectivity index (χ3n) is 4.53. The molecule has 1 saturated heterocycles. The van der Waals surface area contributed by atoms with E-state index in [1.807, 2.05) is 48.7 Å². The van der Waals surface area contributed by atoms with Crippen molar-refractivity contribution in [2.24, 2.45) is 0 Å². The second-order valence-electron chi connectivity index (χ2n) is 6.50. The predicted octanol–water partition coefficient (Wildman–Crippen LogP) is 1.79. The average Bonchev–Trinajstić information content (AvgIpc) is 2.69. The van der Waals surface area contributed by atoms with Crippen LogP contribution in [0.2, 0.25) is 0 Å². The summed E-state index contributed by atoms with van der Waals surface area (Å²) >= 11 is 0. The molecule has 0 aliphatic carbocycles. The molecular weight excluding hydrogens is 330 g/mol. The molecule has 26 heavy (non-hydrogen) atoms. The number of anilines is 1. The third-order valence-corrected chi connectivity index (χ3v) is 4.53. The third kappa shape index (κ3) is 5.42. The van der Waals surface area contributed by atoms with Crippen molar-refractivity contribution in [2.45, 2.75) is 12.7 Å². The van der Waals surface area contributed by atoms with Crippen LogP contribution >= 0.6 is 0 Å². The molecule has 6 nitrogen and oxygen atoms in total. The molecule has 2 heterocycles. The molecule has 1 fully saturated rings. The minimum atomic E-state index is -0.484. The number of pyridine rings is 1. The number of methoxy groups -OCH3 is 1. The van der Waals surface area contributed by atoms with Gasteiger partial charge in [-0.3, -0.25) is 4.90 Å². The molecule has 1 atom stereocenters. The van der Waals surface area contributed by atoms with Gasteiger partial charge in [0.05, 0.1) is 26.4 Å². The van der Waals surface area contributed by atoms with Gasteiger partial charge in [-0.2, -0.15) is 0 Å². The lowest BCUT2D eigenvalue weighted by molar-refractivity contribution is 0.00909. The van der Waals surface area contributed by atoms with Crippen LogP contribution in [0.5, 0.6) is 5.75 Å². The zero-order chi connectivity index (χ0) is 18.2. The van der Waals surface area contributed by atoms with Crippen molar-refractivity contribution >= 4 is 5.82 Å². The summed E-state index contributed by atoms with van der Waals surface area (Å²) in [7, 11) is 1.65. The van der Waals surface area contributed by atoms with E-state index in [0.29, 0.717) is 19.8 Å². The SMILES string of the molecule is COc1cccc(COCC(O)CN2CCN(c3ccccn3)CC2)c1. The molecule has 1 N–H and O–H groups in total. The molecule has 0 radical (unpaired) electrons. The number of hydrogen-bond acceptors (Lipinski definition) is 6. The Bertz CT molecular complexity index is 660. The van der Waals surface area contributed by atoms with Crippen molar-refractivity contribution in [3.63, 3.8) is 0 Å². The fraction of sp³-hybridized carbons (Fsp3) is 0.450. The van der Waals surface area contributed by atoms with Crippen LogP contribution in [0.25, 0.3) is 0 Å². The van der Waals surface area contributed by atoms with E-state index in [-0.39, 0.29) is 0 Å². The number of β-amino-alcohol motifs (C(OH)–C–C–N with tert-alkyl or cyclic N) is 1. The molecule has 0 saturated carbocycles. The zero-order valence-electron chi connectivity index (χ0n) is 15.3. The Balaban J connectivity index is 1.36. The summed E-state index contributed by atoms with van der Waals surface area (Å²) in [4.78, 5) is 8.96. The average molecular weight is 357 g/mol. The van der Waals surface area contributed by atoms with Crippen molar-refractivity contribution in [3.05, 3.63) is 54.2 Å². The summed E-state index contributed by atoms with van der Waals surface area (Å²) in [6, 6.07) is 13.8. The minimum absolute atomic E-state index is 0.331. The number of aromatic nitrogens is 1. The molecule has 1 aliphatic heterocycles. The highest BCUT2D eigenvalue weighted by molar-refractivity contribution is 5.38. The van der Waals surface area contributed by atoms with Gasteiger partial charge in [-0.05, 0) is 29.8 Å². The van der Waals surface area contributed by atoms with E-state index in [1.165, 1.54) is 0 Å². The number of benzene rings is 1. The second-order valence-corrected chi connectivity index (χ2v) is 6.50. The van der Waals surface area contributed by atoms with Crippen LogP contribution in [0.4, 0.5) is 5.82 Å². The first kappa shape index (κ1) is 18.6. The predicted molar refractivity (Wildman–Crippen MR) is 102 cm³/mol. The summed E-state index contributed by atoms with van der Waals surface area (Å²) < 4.78 is 10.9. The van der Waals surface area contributed by atoms with E-state index in [4.69, 9.17) is 9.47 Å². The first-order chi connectivity index (χ1) is 12.7. The fourth-order valence-corrected chi connectivity index (χ4v) is 3.13. The van der Waals surface area contributed by atoms with Crippen LogP contribution in [0.1, 0.15) is 5.56 Å². The maximum atomic E-state index is 10.2. The summed E-state index contributed by atoms with van der Waals surface area (Å²) in [6.07, 6.45) is 1.34. The molecule has 0 spiro atoms. The Morgan fingerprint density at radius 2 is 1.96 bits per heavy atom. The van der Waals surface area contributed by atoms with Gasteiger partial charge in [-0.1, -0.05) is 18.2 Å². The van der Waals surface area contributed by atoms with Crippen LogP contribution in [0.3, 0.4) is 0 Å². The normalized spacial score (nSPS) is 16.5. The lowest BCUT2D eigenvalue weighted by Gasteiger charge is -2.36. The van der Waals surface area contributed by atoms with E-state index in [0.717, 1.165) is 43.3 Å². The van der Waals surface area contributed by atoms with Crippen molar-refractivity contribution in [1.82, 2.24) is 9.88 Å². The molecule has 0 bridgehead atoms. The lowest BCUT2D eigenvalue weighted by Crippen LogP contribution is -2.49. The van der Waals surface area contributed by atoms with E-state index >= 15 is 0 Å². The minimum Gasteiger partial charge on any atom is -0.497 e. The highest BCUT2D eigenvalue weighted by atomic mass is 16.5. The molecule has 140 valence electrons. The molecule has 1 unspecified atom stereocenters. The summed E-state index contributed by atoms with van der Waals surface area (Å²) in [5.41, 5.74) is 1.04. The van der Waals surface area contributed by atoms with Crippen molar-refractivity contribution < 1.29 is 14.6 Å². The second kappa shape index (κ2) is 9.52. The standard InChI is InChI=1S/C20H27N3O3/c1-25-19-6-4-5-17(13-19)15-26-16-18(24)14-22-9-11-23(12-10-22)20-7-2-3-8-21-20/h2-8,13,18,24H,9-12,14-16H2,1H3. The lowest BCUT2D eigenvalue weighted by atomic mass is 10.2. The van der Waals surface area contributed by atoms with Gasteiger partial charge in [0.15, 0.2) is 0 Å². The van der Waals surface area contributed by atoms with Gasteiger partial charge in [0.1, 0.15) is 11.6 Å². The fourth-order valence-electron chi connectivity index (χ4n) is 3.13. The maximum Gasteiger partial charge on any atom is 0.128 e. The summed E-state index contributed by atoms with van der Waals surface area (Å²) in [6.45, 7) is 5.13.